The van der Waals surface area contributed by atoms with Crippen molar-refractivity contribution in [1.29, 1.82) is 0 Å². The Bertz CT molecular complexity index is 720. The lowest BCUT2D eigenvalue weighted by atomic mass is 10.1. The summed E-state index contributed by atoms with van der Waals surface area (Å²) >= 11 is 0. The molecule has 126 valence electrons. The summed E-state index contributed by atoms with van der Waals surface area (Å²) in [6.07, 6.45) is 3.41. The van der Waals surface area contributed by atoms with Gasteiger partial charge < -0.3 is 14.4 Å². The highest BCUT2D eigenvalue weighted by Gasteiger charge is 2.11. The summed E-state index contributed by atoms with van der Waals surface area (Å²) in [4.78, 5) is 13.9. The molecule has 1 amide bonds. The second-order valence-electron chi connectivity index (χ2n) is 5.62. The summed E-state index contributed by atoms with van der Waals surface area (Å²) in [5, 5.41) is 0. The molecule has 0 aromatic heterocycles. The fraction of sp³-hybridized carbons (Fsp3) is 0.250. The Labute approximate surface area is 143 Å². The first-order valence-corrected chi connectivity index (χ1v) is 7.74. The maximum absolute atomic E-state index is 12.3. The Morgan fingerprint density at radius 1 is 1.08 bits per heavy atom. The average molecular weight is 325 g/mol. The van der Waals surface area contributed by atoms with Crippen LogP contribution in [0, 0.1) is 6.92 Å². The van der Waals surface area contributed by atoms with Crippen LogP contribution in [0.3, 0.4) is 0 Å². The quantitative estimate of drug-likeness (QED) is 0.761. The number of ether oxygens (including phenoxy) is 2. The minimum Gasteiger partial charge on any atom is -0.497 e. The Morgan fingerprint density at radius 2 is 1.79 bits per heavy atom. The van der Waals surface area contributed by atoms with Crippen LogP contribution in [0.4, 0.5) is 0 Å². The minimum absolute atomic E-state index is 0.0616. The molecule has 0 aliphatic heterocycles. The lowest BCUT2D eigenvalue weighted by Gasteiger charge is -2.17. The smallest absolute Gasteiger partial charge is 0.246 e. The molecule has 0 aliphatic carbocycles. The van der Waals surface area contributed by atoms with Crippen LogP contribution in [-0.2, 0) is 11.3 Å². The third-order valence-electron chi connectivity index (χ3n) is 3.77. The van der Waals surface area contributed by atoms with E-state index in [1.807, 2.05) is 55.5 Å². The van der Waals surface area contributed by atoms with Crippen LogP contribution >= 0.6 is 0 Å². The van der Waals surface area contributed by atoms with E-state index in [2.05, 4.69) is 0 Å². The van der Waals surface area contributed by atoms with Crippen molar-refractivity contribution in [3.8, 4) is 11.5 Å². The molecule has 0 saturated carbocycles. The van der Waals surface area contributed by atoms with E-state index in [9.17, 15) is 4.79 Å². The second-order valence-corrected chi connectivity index (χ2v) is 5.62. The van der Waals surface area contributed by atoms with Crippen molar-refractivity contribution in [2.24, 2.45) is 0 Å². The number of methoxy groups -OCH3 is 2. The number of nitrogens with zero attached hydrogens (tertiary/aromatic N) is 1. The van der Waals surface area contributed by atoms with Gasteiger partial charge in [0.15, 0.2) is 0 Å². The van der Waals surface area contributed by atoms with Crippen molar-refractivity contribution in [2.75, 3.05) is 21.3 Å². The molecule has 0 fully saturated rings. The molecule has 0 bridgehead atoms. The van der Waals surface area contributed by atoms with E-state index < -0.39 is 0 Å². The molecule has 0 heterocycles. The van der Waals surface area contributed by atoms with Crippen molar-refractivity contribution >= 4 is 12.0 Å². The van der Waals surface area contributed by atoms with Crippen LogP contribution in [-0.4, -0.2) is 32.1 Å². The van der Waals surface area contributed by atoms with E-state index in [0.717, 1.165) is 16.9 Å². The highest BCUT2D eigenvalue weighted by Crippen LogP contribution is 2.25. The molecule has 24 heavy (non-hydrogen) atoms. The lowest BCUT2D eigenvalue weighted by Crippen LogP contribution is -2.24. The van der Waals surface area contributed by atoms with Gasteiger partial charge in [-0.1, -0.05) is 29.8 Å². The van der Waals surface area contributed by atoms with Gasteiger partial charge in [-0.2, -0.15) is 0 Å². The van der Waals surface area contributed by atoms with Crippen molar-refractivity contribution < 1.29 is 14.3 Å². The molecule has 0 unspecified atom stereocenters. The predicted molar refractivity (Wildman–Crippen MR) is 96.2 cm³/mol. The molecule has 0 spiro atoms. The number of amides is 1. The van der Waals surface area contributed by atoms with Gasteiger partial charge in [0.1, 0.15) is 11.5 Å². The van der Waals surface area contributed by atoms with Crippen LogP contribution in [0.5, 0.6) is 11.5 Å². The van der Waals surface area contributed by atoms with E-state index in [1.165, 1.54) is 5.56 Å². The maximum Gasteiger partial charge on any atom is 0.246 e. The Hall–Kier alpha value is -2.75. The third-order valence-corrected chi connectivity index (χ3v) is 3.77. The van der Waals surface area contributed by atoms with Crippen molar-refractivity contribution in [3.63, 3.8) is 0 Å². The number of rotatable bonds is 6. The van der Waals surface area contributed by atoms with Gasteiger partial charge in [0.05, 0.1) is 14.2 Å². The van der Waals surface area contributed by atoms with E-state index in [4.69, 9.17) is 9.47 Å². The van der Waals surface area contributed by atoms with E-state index >= 15 is 0 Å². The number of likely N-dealkylation sites (N-methyl/N-ethyl adjacent to an activating group) is 1. The van der Waals surface area contributed by atoms with Crippen molar-refractivity contribution in [2.45, 2.75) is 13.5 Å². The third kappa shape index (κ3) is 4.62. The van der Waals surface area contributed by atoms with Crippen LogP contribution in [0.2, 0.25) is 0 Å². The van der Waals surface area contributed by atoms with Crippen LogP contribution in [0.25, 0.3) is 6.08 Å². The van der Waals surface area contributed by atoms with Crippen LogP contribution in [0.15, 0.2) is 48.5 Å². The van der Waals surface area contributed by atoms with Gasteiger partial charge in [-0.05, 0) is 30.7 Å². The molecule has 0 saturated heterocycles. The van der Waals surface area contributed by atoms with Gasteiger partial charge in [0.25, 0.3) is 0 Å². The highest BCUT2D eigenvalue weighted by molar-refractivity contribution is 5.91. The Balaban J connectivity index is 2.04. The number of carbonyl (C=O) groups excluding carboxylic acids is 1. The van der Waals surface area contributed by atoms with Crippen molar-refractivity contribution in [1.82, 2.24) is 4.90 Å². The monoisotopic (exact) mass is 325 g/mol. The summed E-state index contributed by atoms with van der Waals surface area (Å²) in [5.74, 6) is 1.37. The molecule has 2 rings (SSSR count). The van der Waals surface area contributed by atoms with Crippen LogP contribution < -0.4 is 9.47 Å². The van der Waals surface area contributed by atoms with E-state index in [0.29, 0.717) is 12.3 Å². The van der Waals surface area contributed by atoms with Gasteiger partial charge in [0.2, 0.25) is 5.91 Å². The number of benzene rings is 2. The maximum atomic E-state index is 12.3. The van der Waals surface area contributed by atoms with Crippen molar-refractivity contribution in [3.05, 3.63) is 65.2 Å². The van der Waals surface area contributed by atoms with Gasteiger partial charge in [0, 0.05) is 31.3 Å². The first-order chi connectivity index (χ1) is 11.5. The molecular formula is C20H23NO3. The summed E-state index contributed by atoms with van der Waals surface area (Å²) in [6.45, 7) is 2.50. The zero-order chi connectivity index (χ0) is 17.5. The second kappa shape index (κ2) is 8.20. The molecular weight excluding hydrogens is 302 g/mol. The minimum atomic E-state index is -0.0616. The Morgan fingerprint density at radius 3 is 2.42 bits per heavy atom. The normalized spacial score (nSPS) is 10.7. The van der Waals surface area contributed by atoms with E-state index in [1.54, 1.807) is 32.2 Å². The van der Waals surface area contributed by atoms with Gasteiger partial charge in [-0.25, -0.2) is 0 Å². The lowest BCUT2D eigenvalue weighted by molar-refractivity contribution is -0.125. The first-order valence-electron chi connectivity index (χ1n) is 7.74. The van der Waals surface area contributed by atoms with Crippen LogP contribution in [0.1, 0.15) is 16.7 Å². The topological polar surface area (TPSA) is 38.8 Å². The van der Waals surface area contributed by atoms with Gasteiger partial charge in [-0.3, -0.25) is 4.79 Å². The zero-order valence-corrected chi connectivity index (χ0v) is 14.6. The summed E-state index contributed by atoms with van der Waals surface area (Å²) in [6, 6.07) is 13.6. The molecule has 0 atom stereocenters. The fourth-order valence-electron chi connectivity index (χ4n) is 2.29. The number of aryl methyl sites for hydroxylation is 1. The molecule has 0 N–H and O–H groups in total. The number of hydrogen-bond acceptors (Lipinski definition) is 3. The SMILES string of the molecule is COc1ccc(CN(C)C(=O)C=Cc2ccc(C)cc2)c(OC)c1. The molecule has 0 aliphatic rings. The Kier molecular flexibility index (Phi) is 6.01. The number of hydrogen-bond donors (Lipinski definition) is 0. The van der Waals surface area contributed by atoms with Gasteiger partial charge >= 0.3 is 0 Å². The summed E-state index contributed by atoms with van der Waals surface area (Å²) in [7, 11) is 4.99. The summed E-state index contributed by atoms with van der Waals surface area (Å²) in [5.41, 5.74) is 3.13. The summed E-state index contributed by atoms with van der Waals surface area (Å²) < 4.78 is 10.6. The van der Waals surface area contributed by atoms with Gasteiger partial charge in [-0.15, -0.1) is 0 Å². The number of carbonyl (C=O) groups is 1. The largest absolute Gasteiger partial charge is 0.497 e. The highest BCUT2D eigenvalue weighted by atomic mass is 16.5. The molecule has 4 heteroatoms. The van der Waals surface area contributed by atoms with E-state index in [-0.39, 0.29) is 5.91 Å². The zero-order valence-electron chi connectivity index (χ0n) is 14.6. The average Bonchev–Trinajstić information content (AvgIpc) is 2.61. The predicted octanol–water partition coefficient (Wildman–Crippen LogP) is 3.68. The molecule has 0 radical (unpaired) electrons. The fourth-order valence-corrected chi connectivity index (χ4v) is 2.29. The standard InChI is InChI=1S/C20H23NO3/c1-15-5-7-16(8-6-15)9-12-20(22)21(2)14-17-10-11-18(23-3)13-19(17)24-4/h5-13H,14H2,1-4H3. The molecule has 4 nitrogen and oxygen atoms in total. The molecule has 2 aromatic rings. The first kappa shape index (κ1) is 17.6. The molecule has 2 aromatic carbocycles.